The first-order valence-electron chi connectivity index (χ1n) is 1.14. The van der Waals surface area contributed by atoms with Crippen molar-refractivity contribution in [2.75, 3.05) is 0 Å². The van der Waals surface area contributed by atoms with Gasteiger partial charge in [0.1, 0.15) is 0 Å². The van der Waals surface area contributed by atoms with E-state index >= 15 is 0 Å². The molecule has 0 radical (unpaired) electrons. The van der Waals surface area contributed by atoms with Gasteiger partial charge in [0.25, 0.3) is 0 Å². The fourth-order valence-corrected chi connectivity index (χ4v) is 0. The van der Waals surface area contributed by atoms with Crippen molar-refractivity contribution in [3.63, 3.8) is 0 Å². The third-order valence-corrected chi connectivity index (χ3v) is 0.498. The average molecular weight is 116 g/mol. The Bertz CT molecular complexity index is 46.8. The molecule has 0 N–H and O–H groups in total. The van der Waals surface area contributed by atoms with Crippen LogP contribution in [0.4, 0.5) is 0 Å². The van der Waals surface area contributed by atoms with E-state index in [0.29, 0.717) is 0 Å². The third kappa shape index (κ3) is 8.86. The van der Waals surface area contributed by atoms with Gasteiger partial charge in [0.15, 0.2) is 0 Å². The van der Waals surface area contributed by atoms with Crippen molar-refractivity contribution in [2.24, 2.45) is 0 Å². The molecular weight excluding hydrogens is 110 g/mol. The normalized spacial score (nSPS) is 5.67. The molecule has 0 aliphatic carbocycles. The zero-order valence-electron chi connectivity index (χ0n) is 2.89. The first-order chi connectivity index (χ1) is 2.27. The Labute approximate surface area is 61.2 Å². The van der Waals surface area contributed by atoms with Crippen LogP contribution in [0.1, 0.15) is 6.92 Å². The van der Waals surface area contributed by atoms with Gasteiger partial charge in [-0.2, -0.15) is 0 Å². The van der Waals surface area contributed by atoms with Gasteiger partial charge in [0, 0.05) is 6.92 Å². The summed E-state index contributed by atoms with van der Waals surface area (Å²) in [5, 5.41) is 0. The number of carbonyl (C=O) groups is 1. The summed E-state index contributed by atoms with van der Waals surface area (Å²) < 4.78 is 4.03. The molecule has 6 heavy (non-hydrogen) atoms. The van der Waals surface area contributed by atoms with Crippen molar-refractivity contribution in [2.45, 2.75) is 6.92 Å². The van der Waals surface area contributed by atoms with E-state index in [2.05, 4.69) is 4.52 Å². The van der Waals surface area contributed by atoms with E-state index in [9.17, 15) is 4.79 Å². The van der Waals surface area contributed by atoms with Crippen molar-refractivity contribution >= 4 is 45.0 Å². The van der Waals surface area contributed by atoms with Crippen LogP contribution < -0.4 is 0 Å². The van der Waals surface area contributed by atoms with Gasteiger partial charge in [-0.15, -0.1) is 0 Å². The maximum atomic E-state index is 9.57. The molecule has 0 aliphatic heterocycles. The molecular formula is C2H6NaO2P. The predicted molar refractivity (Wildman–Crippen MR) is 28.6 cm³/mol. The van der Waals surface area contributed by atoms with Gasteiger partial charge in [-0.05, 0) is 0 Å². The van der Waals surface area contributed by atoms with Crippen molar-refractivity contribution in [3.05, 3.63) is 0 Å². The zero-order chi connectivity index (χ0) is 4.28. The number of hydrogen-bond donors (Lipinski definition) is 0. The molecule has 0 spiro atoms. The molecule has 1 atom stereocenters. The first kappa shape index (κ1) is 10.0. The molecule has 0 heterocycles. The van der Waals surface area contributed by atoms with Gasteiger partial charge < -0.3 is 4.52 Å². The fraction of sp³-hybridized carbons (Fsp3) is 0.500. The summed E-state index contributed by atoms with van der Waals surface area (Å²) in [6.07, 6.45) is 0. The monoisotopic (exact) mass is 116 g/mol. The van der Waals surface area contributed by atoms with E-state index in [1.54, 1.807) is 0 Å². The van der Waals surface area contributed by atoms with Crippen LogP contribution in [0, 0.1) is 0 Å². The molecule has 1 unspecified atom stereocenters. The second-order valence-electron chi connectivity index (χ2n) is 0.609. The number of hydrogen-bond acceptors (Lipinski definition) is 2. The first-order valence-corrected chi connectivity index (χ1v) is 1.62. The average Bonchev–Trinajstić information content (AvgIpc) is 1.38. The minimum absolute atomic E-state index is 0. The van der Waals surface area contributed by atoms with Crippen molar-refractivity contribution in [3.8, 4) is 0 Å². The van der Waals surface area contributed by atoms with Gasteiger partial charge in [-0.3, -0.25) is 4.79 Å². The Morgan fingerprint density at radius 3 is 2.00 bits per heavy atom. The molecule has 0 rings (SSSR count). The Balaban J connectivity index is 0. The van der Waals surface area contributed by atoms with Crippen LogP contribution in [0.2, 0.25) is 0 Å². The van der Waals surface area contributed by atoms with Gasteiger partial charge in [-0.25, -0.2) is 0 Å². The Kier molecular flexibility index (Phi) is 9.84. The number of carbonyl (C=O) groups excluding carboxylic acids is 1. The van der Waals surface area contributed by atoms with Crippen LogP contribution in [0.15, 0.2) is 0 Å². The van der Waals surface area contributed by atoms with E-state index in [1.807, 2.05) is 9.47 Å². The number of rotatable bonds is 0. The SMILES string of the molecule is CC(=O)OP.[NaH]. The van der Waals surface area contributed by atoms with Crippen LogP contribution in [0.5, 0.6) is 0 Å². The minimum atomic E-state index is -0.282. The summed E-state index contributed by atoms with van der Waals surface area (Å²) in [5.41, 5.74) is 0. The summed E-state index contributed by atoms with van der Waals surface area (Å²) in [6, 6.07) is 0. The van der Waals surface area contributed by atoms with Crippen LogP contribution in [-0.2, 0) is 9.32 Å². The zero-order valence-corrected chi connectivity index (χ0v) is 4.05. The molecule has 0 amide bonds. The van der Waals surface area contributed by atoms with Crippen molar-refractivity contribution < 1.29 is 9.32 Å². The molecule has 0 fully saturated rings. The maximum absolute atomic E-state index is 9.57. The predicted octanol–water partition coefficient (Wildman–Crippen LogP) is -0.309. The Hall–Kier alpha value is 0.900. The molecule has 0 bridgehead atoms. The van der Waals surface area contributed by atoms with E-state index in [1.165, 1.54) is 6.92 Å². The third-order valence-electron chi connectivity index (χ3n) is 0.166. The summed E-state index contributed by atoms with van der Waals surface area (Å²) in [7, 11) is 1.84. The molecule has 0 aromatic heterocycles. The summed E-state index contributed by atoms with van der Waals surface area (Å²) >= 11 is 0. The molecule has 0 aromatic carbocycles. The van der Waals surface area contributed by atoms with Crippen molar-refractivity contribution in [1.29, 1.82) is 0 Å². The van der Waals surface area contributed by atoms with Gasteiger partial charge >= 0.3 is 35.5 Å². The fourth-order valence-electron chi connectivity index (χ4n) is 0. The quantitative estimate of drug-likeness (QED) is 0.320. The van der Waals surface area contributed by atoms with Crippen LogP contribution in [0.3, 0.4) is 0 Å². The van der Waals surface area contributed by atoms with E-state index < -0.39 is 0 Å². The van der Waals surface area contributed by atoms with Crippen LogP contribution in [-0.4, -0.2) is 35.5 Å². The van der Waals surface area contributed by atoms with E-state index in [0.717, 1.165) is 0 Å². The molecule has 0 saturated carbocycles. The van der Waals surface area contributed by atoms with Gasteiger partial charge in [0.2, 0.25) is 0 Å². The molecule has 0 aliphatic rings. The van der Waals surface area contributed by atoms with Crippen LogP contribution >= 0.6 is 9.47 Å². The molecule has 0 aromatic rings. The van der Waals surface area contributed by atoms with E-state index in [4.69, 9.17) is 0 Å². The summed E-state index contributed by atoms with van der Waals surface area (Å²) in [4.78, 5) is 9.57. The van der Waals surface area contributed by atoms with Gasteiger partial charge in [0.05, 0.1) is 9.47 Å². The second-order valence-corrected chi connectivity index (χ2v) is 0.845. The summed E-state index contributed by atoms with van der Waals surface area (Å²) in [5.74, 6) is -0.282. The Morgan fingerprint density at radius 2 is 2.00 bits per heavy atom. The standard InChI is InChI=1S/C2H5O2P.Na.H/c1-2(3)4-5;;/h5H2,1H3;;. The van der Waals surface area contributed by atoms with Crippen molar-refractivity contribution in [1.82, 2.24) is 0 Å². The molecule has 2 nitrogen and oxygen atoms in total. The van der Waals surface area contributed by atoms with Gasteiger partial charge in [-0.1, -0.05) is 0 Å². The summed E-state index contributed by atoms with van der Waals surface area (Å²) in [6.45, 7) is 1.34. The topological polar surface area (TPSA) is 26.3 Å². The Morgan fingerprint density at radius 1 is 1.83 bits per heavy atom. The molecule has 4 heteroatoms. The van der Waals surface area contributed by atoms with Crippen LogP contribution in [0.25, 0.3) is 0 Å². The molecule has 0 saturated heterocycles. The molecule has 32 valence electrons. The van der Waals surface area contributed by atoms with E-state index in [-0.39, 0.29) is 35.5 Å². The second kappa shape index (κ2) is 5.90.